The van der Waals surface area contributed by atoms with Crippen LogP contribution < -0.4 is 10.1 Å². The number of rotatable bonds is 10. The van der Waals surface area contributed by atoms with E-state index in [1.807, 2.05) is 43.4 Å². The van der Waals surface area contributed by atoms with Gasteiger partial charge in [0.1, 0.15) is 29.4 Å². The molecule has 0 saturated carbocycles. The van der Waals surface area contributed by atoms with Gasteiger partial charge in [-0.1, -0.05) is 6.92 Å². The number of likely N-dealkylation sites (N-methyl/N-ethyl adjacent to an activating group) is 1. The minimum Gasteiger partial charge on any atom is -0.492 e. The maximum Gasteiger partial charge on any atom is 0.160 e. The molecule has 5 heterocycles. The molecule has 0 unspecified atom stereocenters. The Hall–Kier alpha value is -4.74. The first-order valence-electron chi connectivity index (χ1n) is 13.4. The molecular formula is C30H30FN9O. The number of nitrogens with one attached hydrogen (secondary N) is 3. The molecule has 0 aliphatic heterocycles. The monoisotopic (exact) mass is 551 g/mol. The van der Waals surface area contributed by atoms with Gasteiger partial charge >= 0.3 is 0 Å². The Morgan fingerprint density at radius 3 is 2.78 bits per heavy atom. The average Bonchev–Trinajstić information content (AvgIpc) is 3.59. The number of aromatic nitrogens is 7. The molecule has 0 fully saturated rings. The summed E-state index contributed by atoms with van der Waals surface area (Å²) in [6, 6.07) is 10.6. The predicted molar refractivity (Wildman–Crippen MR) is 157 cm³/mol. The summed E-state index contributed by atoms with van der Waals surface area (Å²) in [5, 5.41) is 11.8. The number of ether oxygens (including phenoxy) is 1. The van der Waals surface area contributed by atoms with Crippen LogP contribution in [0.3, 0.4) is 0 Å². The van der Waals surface area contributed by atoms with E-state index in [1.54, 1.807) is 18.6 Å². The molecule has 41 heavy (non-hydrogen) atoms. The molecule has 10 nitrogen and oxygen atoms in total. The van der Waals surface area contributed by atoms with E-state index in [2.05, 4.69) is 48.4 Å². The molecule has 6 aromatic rings. The maximum atomic E-state index is 14.6. The molecular weight excluding hydrogens is 521 g/mol. The van der Waals surface area contributed by atoms with E-state index in [9.17, 15) is 4.39 Å². The number of benzene rings is 1. The lowest BCUT2D eigenvalue weighted by Crippen LogP contribution is -2.19. The number of aromatic amines is 2. The number of hydrogen-bond donors (Lipinski definition) is 3. The largest absolute Gasteiger partial charge is 0.492 e. The maximum absolute atomic E-state index is 14.6. The lowest BCUT2D eigenvalue weighted by molar-refractivity contribution is 0.260. The zero-order valence-electron chi connectivity index (χ0n) is 23.1. The van der Waals surface area contributed by atoms with E-state index in [0.29, 0.717) is 40.6 Å². The van der Waals surface area contributed by atoms with Gasteiger partial charge in [-0.2, -0.15) is 5.10 Å². The van der Waals surface area contributed by atoms with Crippen molar-refractivity contribution >= 4 is 22.1 Å². The lowest BCUT2D eigenvalue weighted by Gasteiger charge is -2.12. The summed E-state index contributed by atoms with van der Waals surface area (Å²) in [5.41, 5.74) is 6.76. The zero-order valence-corrected chi connectivity index (χ0v) is 23.1. The Morgan fingerprint density at radius 1 is 1.02 bits per heavy atom. The third kappa shape index (κ3) is 5.63. The molecule has 0 radical (unpaired) electrons. The van der Waals surface area contributed by atoms with Crippen molar-refractivity contribution < 1.29 is 9.13 Å². The SMILES string of the molecule is CCNCc1cncc(-c2cc3c(-c4nc5c(-c6cc(F)cc(OCCN(C)C)c6)ccnc5[nH]4)n[nH]c3cn2)c1. The number of nitrogens with zero attached hydrogens (tertiary/aromatic N) is 6. The molecule has 1 aromatic carbocycles. The van der Waals surface area contributed by atoms with Crippen LogP contribution >= 0.6 is 0 Å². The fourth-order valence-electron chi connectivity index (χ4n) is 4.65. The van der Waals surface area contributed by atoms with Crippen LogP contribution in [0.2, 0.25) is 0 Å². The van der Waals surface area contributed by atoms with Crippen LogP contribution in [0.4, 0.5) is 4.39 Å². The molecule has 0 amide bonds. The predicted octanol–water partition coefficient (Wildman–Crippen LogP) is 4.81. The Kier molecular flexibility index (Phi) is 7.36. The third-order valence-corrected chi connectivity index (χ3v) is 6.72. The standard InChI is InChI=1S/C30H30FN9O/c1-4-32-14-18-9-20(16-33-15-18)25-13-24-26(17-35-25)38-39-28(24)30-36-27-23(5-6-34-29(27)37-30)19-10-21(31)12-22(11-19)41-8-7-40(2)3/h5-6,9-13,15-17,32H,4,7-8,14H2,1-3H3,(H,38,39)(H,34,36,37). The summed E-state index contributed by atoms with van der Waals surface area (Å²) in [6.45, 7) is 4.86. The Balaban J connectivity index is 1.37. The van der Waals surface area contributed by atoms with Crippen molar-refractivity contribution in [1.29, 1.82) is 0 Å². The van der Waals surface area contributed by atoms with Crippen LogP contribution in [0.25, 0.3) is 56.0 Å². The molecule has 3 N–H and O–H groups in total. The van der Waals surface area contributed by atoms with Gasteiger partial charge in [-0.15, -0.1) is 0 Å². The van der Waals surface area contributed by atoms with Gasteiger partial charge in [-0.05, 0) is 62.1 Å². The van der Waals surface area contributed by atoms with Gasteiger partial charge in [0.15, 0.2) is 11.5 Å². The fourth-order valence-corrected chi connectivity index (χ4v) is 4.65. The van der Waals surface area contributed by atoms with E-state index >= 15 is 0 Å². The Morgan fingerprint density at radius 2 is 1.93 bits per heavy atom. The fraction of sp³-hybridized carbons (Fsp3) is 0.233. The molecule has 208 valence electrons. The van der Waals surface area contributed by atoms with E-state index in [1.165, 1.54) is 12.1 Å². The number of imidazole rings is 1. The molecule has 6 rings (SSSR count). The van der Waals surface area contributed by atoms with Crippen molar-refractivity contribution in [2.45, 2.75) is 13.5 Å². The minimum absolute atomic E-state index is 0.384. The highest BCUT2D eigenvalue weighted by molar-refractivity contribution is 5.96. The number of pyridine rings is 3. The smallest absolute Gasteiger partial charge is 0.160 e. The van der Waals surface area contributed by atoms with Crippen LogP contribution in [-0.2, 0) is 6.54 Å². The van der Waals surface area contributed by atoms with Gasteiger partial charge in [-0.25, -0.2) is 14.4 Å². The first-order chi connectivity index (χ1) is 20.0. The highest BCUT2D eigenvalue weighted by Crippen LogP contribution is 2.33. The van der Waals surface area contributed by atoms with Crippen molar-refractivity contribution in [3.8, 4) is 39.7 Å². The van der Waals surface area contributed by atoms with Crippen molar-refractivity contribution in [3.63, 3.8) is 0 Å². The van der Waals surface area contributed by atoms with Gasteiger partial charge in [0, 0.05) is 54.3 Å². The third-order valence-electron chi connectivity index (χ3n) is 6.72. The van der Waals surface area contributed by atoms with E-state index in [4.69, 9.17) is 9.72 Å². The Bertz CT molecular complexity index is 1830. The van der Waals surface area contributed by atoms with Gasteiger partial charge in [0.05, 0.1) is 17.4 Å². The summed E-state index contributed by atoms with van der Waals surface area (Å²) in [4.78, 5) is 23.7. The summed E-state index contributed by atoms with van der Waals surface area (Å²) in [7, 11) is 3.92. The lowest BCUT2D eigenvalue weighted by atomic mass is 10.1. The molecule has 0 bridgehead atoms. The first kappa shape index (κ1) is 26.5. The highest BCUT2D eigenvalue weighted by Gasteiger charge is 2.18. The van der Waals surface area contributed by atoms with Crippen LogP contribution in [0.1, 0.15) is 12.5 Å². The topological polar surface area (TPSA) is 121 Å². The molecule has 0 aliphatic rings. The second-order valence-electron chi connectivity index (χ2n) is 10.0. The van der Waals surface area contributed by atoms with E-state index < -0.39 is 0 Å². The molecule has 0 saturated heterocycles. The van der Waals surface area contributed by atoms with Crippen LogP contribution in [0, 0.1) is 5.82 Å². The van der Waals surface area contributed by atoms with Gasteiger partial charge in [0.2, 0.25) is 0 Å². The molecule has 0 spiro atoms. The highest BCUT2D eigenvalue weighted by atomic mass is 19.1. The van der Waals surface area contributed by atoms with Crippen molar-refractivity contribution in [2.75, 3.05) is 33.8 Å². The second kappa shape index (κ2) is 11.4. The van der Waals surface area contributed by atoms with Gasteiger partial charge in [0.25, 0.3) is 0 Å². The van der Waals surface area contributed by atoms with Crippen LogP contribution in [0.15, 0.2) is 61.2 Å². The quantitative estimate of drug-likeness (QED) is 0.222. The molecule has 11 heteroatoms. The van der Waals surface area contributed by atoms with Crippen molar-refractivity contribution in [3.05, 3.63) is 72.6 Å². The van der Waals surface area contributed by atoms with E-state index in [-0.39, 0.29) is 5.82 Å². The number of halogens is 1. The molecule has 5 aromatic heterocycles. The summed E-state index contributed by atoms with van der Waals surface area (Å²) in [6.07, 6.45) is 7.09. The Labute approximate surface area is 236 Å². The minimum atomic E-state index is -0.384. The van der Waals surface area contributed by atoms with Crippen LogP contribution in [0.5, 0.6) is 5.75 Å². The van der Waals surface area contributed by atoms with E-state index in [0.717, 1.165) is 52.9 Å². The van der Waals surface area contributed by atoms with Gasteiger partial charge in [-0.3, -0.25) is 15.1 Å². The van der Waals surface area contributed by atoms with Crippen molar-refractivity contribution in [1.82, 2.24) is 45.3 Å². The summed E-state index contributed by atoms with van der Waals surface area (Å²) >= 11 is 0. The second-order valence-corrected chi connectivity index (χ2v) is 10.0. The average molecular weight is 552 g/mol. The van der Waals surface area contributed by atoms with Crippen LogP contribution in [-0.4, -0.2) is 73.8 Å². The normalized spacial score (nSPS) is 11.6. The number of H-pyrrole nitrogens is 2. The summed E-state index contributed by atoms with van der Waals surface area (Å²) < 4.78 is 20.4. The summed E-state index contributed by atoms with van der Waals surface area (Å²) in [5.74, 6) is 0.622. The number of fused-ring (bicyclic) bond motifs is 2. The zero-order chi connectivity index (χ0) is 28.3. The first-order valence-corrected chi connectivity index (χ1v) is 13.4. The molecule has 0 atom stereocenters. The number of hydrogen-bond acceptors (Lipinski definition) is 8. The van der Waals surface area contributed by atoms with Crippen molar-refractivity contribution in [2.24, 2.45) is 0 Å². The van der Waals surface area contributed by atoms with Gasteiger partial charge < -0.3 is 19.9 Å². The molecule has 0 aliphatic carbocycles.